The molecule has 1 nitrogen and oxygen atoms in total. The van der Waals surface area contributed by atoms with Gasteiger partial charge in [-0.05, 0) is 18.6 Å². The third kappa shape index (κ3) is 4.86. The summed E-state index contributed by atoms with van der Waals surface area (Å²) >= 11 is 0. The molecular weight excluding hydrogens is 189 g/mol. The van der Waals surface area contributed by atoms with Crippen LogP contribution in [-0.4, -0.2) is 6.54 Å². The Morgan fingerprint density at radius 2 is 2.15 bits per heavy atom. The van der Waals surface area contributed by atoms with Gasteiger partial charge in [0.1, 0.15) is 12.4 Å². The molecule has 1 aromatic rings. The van der Waals surface area contributed by atoms with E-state index in [1.165, 1.54) is 6.07 Å². The van der Waals surface area contributed by atoms with Gasteiger partial charge in [0.05, 0.1) is 6.54 Å². The lowest BCUT2D eigenvalue weighted by molar-refractivity contribution is -0.670. The zero-order chi connectivity index (χ0) is 8.81. The second kappa shape index (κ2) is 6.87. The molecule has 0 radical (unpaired) electrons. The van der Waals surface area contributed by atoms with Crippen LogP contribution in [0.1, 0.15) is 18.9 Å². The number of halogens is 2. The van der Waals surface area contributed by atoms with Crippen molar-refractivity contribution in [3.05, 3.63) is 35.6 Å². The molecule has 13 heavy (non-hydrogen) atoms. The van der Waals surface area contributed by atoms with Crippen LogP contribution in [0.15, 0.2) is 24.3 Å². The standard InChI is InChI=1S/C10H14FN.ClH/c1-2-6-12-8-9-4-3-5-10(11)7-9;/h3-5,7,12H,2,6,8H2,1H3;1H. The molecule has 0 saturated carbocycles. The van der Waals surface area contributed by atoms with Crippen LogP contribution in [0.3, 0.4) is 0 Å². The normalized spacial score (nSPS) is 9.38. The van der Waals surface area contributed by atoms with Gasteiger partial charge in [0.2, 0.25) is 0 Å². The maximum atomic E-state index is 12.7. The van der Waals surface area contributed by atoms with E-state index in [9.17, 15) is 4.39 Å². The first kappa shape index (κ1) is 12.4. The molecule has 0 amide bonds. The number of nitrogens with two attached hydrogens (primary N) is 1. The Labute approximate surface area is 84.8 Å². The molecule has 0 bridgehead atoms. The van der Waals surface area contributed by atoms with Crippen molar-refractivity contribution in [2.45, 2.75) is 19.9 Å². The summed E-state index contributed by atoms with van der Waals surface area (Å²) in [6.45, 7) is 4.13. The first-order chi connectivity index (χ1) is 5.83. The van der Waals surface area contributed by atoms with Crippen molar-refractivity contribution in [3.63, 3.8) is 0 Å². The van der Waals surface area contributed by atoms with Crippen LogP contribution in [0, 0.1) is 5.82 Å². The Kier molecular flexibility index (Phi) is 6.55. The lowest BCUT2D eigenvalue weighted by Crippen LogP contribution is -3.00. The molecule has 3 heteroatoms. The summed E-state index contributed by atoms with van der Waals surface area (Å²) in [6, 6.07) is 6.77. The molecule has 0 fully saturated rings. The molecule has 0 aromatic heterocycles. The van der Waals surface area contributed by atoms with Gasteiger partial charge in [-0.25, -0.2) is 4.39 Å². The molecule has 0 aliphatic carbocycles. The third-order valence-corrected chi connectivity index (χ3v) is 1.76. The van der Waals surface area contributed by atoms with Crippen molar-refractivity contribution in [1.82, 2.24) is 0 Å². The van der Waals surface area contributed by atoms with Gasteiger partial charge in [-0.15, -0.1) is 0 Å². The Morgan fingerprint density at radius 1 is 1.38 bits per heavy atom. The largest absolute Gasteiger partial charge is 1.00 e. The fourth-order valence-corrected chi connectivity index (χ4v) is 1.14. The lowest BCUT2D eigenvalue weighted by atomic mass is 10.2. The van der Waals surface area contributed by atoms with E-state index in [2.05, 4.69) is 12.2 Å². The summed E-state index contributed by atoms with van der Waals surface area (Å²) in [7, 11) is 0. The molecule has 1 rings (SSSR count). The van der Waals surface area contributed by atoms with Crippen LogP contribution in [0.4, 0.5) is 4.39 Å². The Bertz CT molecular complexity index is 240. The van der Waals surface area contributed by atoms with Crippen LogP contribution in [0.2, 0.25) is 0 Å². The maximum absolute atomic E-state index is 12.7. The first-order valence-corrected chi connectivity index (χ1v) is 4.39. The maximum Gasteiger partial charge on any atom is 0.123 e. The average molecular weight is 204 g/mol. The van der Waals surface area contributed by atoms with Gasteiger partial charge in [-0.2, -0.15) is 0 Å². The van der Waals surface area contributed by atoms with E-state index in [-0.39, 0.29) is 18.2 Å². The van der Waals surface area contributed by atoms with E-state index in [4.69, 9.17) is 0 Å². The molecule has 74 valence electrons. The highest BCUT2D eigenvalue weighted by Gasteiger charge is 1.95. The van der Waals surface area contributed by atoms with E-state index in [1.807, 2.05) is 6.07 Å². The van der Waals surface area contributed by atoms with Crippen molar-refractivity contribution in [2.24, 2.45) is 0 Å². The number of quaternary nitrogens is 1. The average Bonchev–Trinajstić information content (AvgIpc) is 2.05. The summed E-state index contributed by atoms with van der Waals surface area (Å²) in [4.78, 5) is 0. The minimum absolute atomic E-state index is 0. The number of hydrogen-bond acceptors (Lipinski definition) is 0. The molecule has 0 aliphatic rings. The monoisotopic (exact) mass is 203 g/mol. The summed E-state index contributed by atoms with van der Waals surface area (Å²) in [5.41, 5.74) is 1.06. The second-order valence-electron chi connectivity index (χ2n) is 2.91. The minimum atomic E-state index is -0.141. The predicted octanol–water partition coefficient (Wildman–Crippen LogP) is -1.70. The van der Waals surface area contributed by atoms with Gasteiger partial charge in [0, 0.05) is 5.56 Å². The highest BCUT2D eigenvalue weighted by molar-refractivity contribution is 5.14. The zero-order valence-corrected chi connectivity index (χ0v) is 8.52. The number of benzene rings is 1. The number of rotatable bonds is 4. The van der Waals surface area contributed by atoms with E-state index >= 15 is 0 Å². The topological polar surface area (TPSA) is 16.6 Å². The summed E-state index contributed by atoms with van der Waals surface area (Å²) in [6.07, 6.45) is 1.16. The first-order valence-electron chi connectivity index (χ1n) is 4.39. The van der Waals surface area contributed by atoms with Gasteiger partial charge in [-0.1, -0.05) is 19.1 Å². The van der Waals surface area contributed by atoms with Gasteiger partial charge in [0.15, 0.2) is 0 Å². The fraction of sp³-hybridized carbons (Fsp3) is 0.400. The van der Waals surface area contributed by atoms with Crippen LogP contribution in [0.25, 0.3) is 0 Å². The SMILES string of the molecule is CCC[NH2+]Cc1cccc(F)c1.[Cl-]. The van der Waals surface area contributed by atoms with Crippen molar-refractivity contribution in [1.29, 1.82) is 0 Å². The van der Waals surface area contributed by atoms with Crippen molar-refractivity contribution < 1.29 is 22.1 Å². The molecule has 0 atom stereocenters. The lowest BCUT2D eigenvalue weighted by Gasteiger charge is -1.99. The molecular formula is C10H15ClFN. The fourth-order valence-electron chi connectivity index (χ4n) is 1.14. The minimum Gasteiger partial charge on any atom is -1.00 e. The predicted molar refractivity (Wildman–Crippen MR) is 47.2 cm³/mol. The Morgan fingerprint density at radius 3 is 2.77 bits per heavy atom. The summed E-state index contributed by atoms with van der Waals surface area (Å²) < 4.78 is 12.7. The Balaban J connectivity index is 0.00000144. The molecule has 2 N–H and O–H groups in total. The van der Waals surface area contributed by atoms with Gasteiger partial charge in [0.25, 0.3) is 0 Å². The smallest absolute Gasteiger partial charge is 0.123 e. The van der Waals surface area contributed by atoms with E-state index in [0.29, 0.717) is 0 Å². The quantitative estimate of drug-likeness (QED) is 0.563. The summed E-state index contributed by atoms with van der Waals surface area (Å²) in [5, 5.41) is 2.19. The van der Waals surface area contributed by atoms with Gasteiger partial charge in [-0.3, -0.25) is 0 Å². The van der Waals surface area contributed by atoms with Crippen LogP contribution < -0.4 is 17.7 Å². The van der Waals surface area contributed by atoms with Crippen LogP contribution >= 0.6 is 0 Å². The highest BCUT2D eigenvalue weighted by Crippen LogP contribution is 2.00. The third-order valence-electron chi connectivity index (χ3n) is 1.76. The van der Waals surface area contributed by atoms with E-state index in [0.717, 1.165) is 25.1 Å². The van der Waals surface area contributed by atoms with Crippen LogP contribution in [0.5, 0.6) is 0 Å². The molecule has 0 unspecified atom stereocenters. The molecule has 0 aliphatic heterocycles. The van der Waals surface area contributed by atoms with Crippen molar-refractivity contribution in [3.8, 4) is 0 Å². The zero-order valence-electron chi connectivity index (χ0n) is 7.76. The molecule has 0 saturated heterocycles. The van der Waals surface area contributed by atoms with Crippen molar-refractivity contribution in [2.75, 3.05) is 6.54 Å². The van der Waals surface area contributed by atoms with E-state index in [1.54, 1.807) is 12.1 Å². The van der Waals surface area contributed by atoms with Gasteiger partial charge >= 0.3 is 0 Å². The van der Waals surface area contributed by atoms with Crippen molar-refractivity contribution >= 4 is 0 Å². The van der Waals surface area contributed by atoms with Gasteiger partial charge < -0.3 is 17.7 Å². The molecule has 0 heterocycles. The summed E-state index contributed by atoms with van der Waals surface area (Å²) in [5.74, 6) is -0.141. The molecule has 0 spiro atoms. The second-order valence-corrected chi connectivity index (χ2v) is 2.91. The number of hydrogen-bond donors (Lipinski definition) is 1. The van der Waals surface area contributed by atoms with E-state index < -0.39 is 0 Å². The Hall–Kier alpha value is -0.600. The van der Waals surface area contributed by atoms with Crippen LogP contribution in [-0.2, 0) is 6.54 Å². The molecule has 1 aromatic carbocycles. The highest BCUT2D eigenvalue weighted by atomic mass is 35.5.